The Hall–Kier alpha value is -0.550. The van der Waals surface area contributed by atoms with Crippen molar-refractivity contribution in [3.8, 4) is 6.07 Å². The van der Waals surface area contributed by atoms with E-state index in [1.807, 2.05) is 6.07 Å². The first-order valence-corrected chi connectivity index (χ1v) is 2.17. The third-order valence-corrected chi connectivity index (χ3v) is 1.26. The number of hydrogen-bond donors (Lipinski definition) is 0. The molecule has 0 aromatic carbocycles. The monoisotopic (exact) mass is 100 g/mol. The van der Waals surface area contributed by atoms with Crippen LogP contribution >= 0.6 is 0 Å². The van der Waals surface area contributed by atoms with E-state index in [9.17, 15) is 0 Å². The highest BCUT2D eigenvalue weighted by atomic mass is 15.5. The van der Waals surface area contributed by atoms with Crippen molar-refractivity contribution in [3.05, 3.63) is 0 Å². The van der Waals surface area contributed by atoms with Gasteiger partial charge in [0, 0.05) is 0 Å². The molecule has 0 radical (unpaired) electrons. The van der Waals surface area contributed by atoms with Crippen molar-refractivity contribution in [2.24, 2.45) is 0 Å². The van der Waals surface area contributed by atoms with Crippen molar-refractivity contribution < 1.29 is 8.60 Å². The van der Waals surface area contributed by atoms with Gasteiger partial charge in [-0.1, -0.05) is 0 Å². The number of hydrogen-bond acceptors (Lipinski definition) is 1. The lowest BCUT2D eigenvalue weighted by atomic mass is 10.5. The van der Waals surface area contributed by atoms with Crippen molar-refractivity contribution in [1.82, 2.24) is 0 Å². The van der Waals surface area contributed by atoms with E-state index in [2.05, 4.69) is 0 Å². The molecular weight excluding hydrogens is 88.1 g/mol. The number of nitrogens with zero attached hydrogens (tertiary/aromatic N) is 2. The molecule has 38 valence electrons. The minimum absolute atomic E-state index is 0.0799. The van der Waals surface area contributed by atoms with Crippen molar-refractivity contribution in [3.63, 3.8) is 0 Å². The zero-order chi connectivity index (χ0) is 7.99. The summed E-state index contributed by atoms with van der Waals surface area (Å²) in [5.41, 5.74) is 0. The normalized spacial score (nSPS) is 56.0. The Kier molecular flexibility index (Phi) is 0.303. The summed E-state index contributed by atoms with van der Waals surface area (Å²) in [7, 11) is 1.58. The van der Waals surface area contributed by atoms with E-state index in [0.717, 1.165) is 0 Å². The molecule has 2 heteroatoms. The fraction of sp³-hybridized carbons (Fsp3) is 0.800. The molecule has 7 heavy (non-hydrogen) atoms. The molecule has 0 N–H and O–H groups in total. The lowest BCUT2D eigenvalue weighted by Gasteiger charge is -1.98. The molecule has 0 spiro atoms. The van der Waals surface area contributed by atoms with Crippen LogP contribution in [0.3, 0.4) is 0 Å². The highest BCUT2D eigenvalue weighted by Crippen LogP contribution is 2.22. The third kappa shape index (κ3) is 0.594. The van der Waals surface area contributed by atoms with E-state index in [0.29, 0.717) is 6.54 Å². The van der Waals surface area contributed by atoms with E-state index in [4.69, 9.17) is 9.37 Å². The number of nitriles is 1. The zero-order valence-corrected chi connectivity index (χ0v) is 4.18. The van der Waals surface area contributed by atoms with Gasteiger partial charge in [-0.25, -0.2) is 0 Å². The molecule has 0 aromatic rings. The Morgan fingerprint density at radius 2 is 2.86 bits per heavy atom. The number of likely N-dealkylation sites (N-methyl/N-ethyl adjacent to an activating group) is 1. The molecule has 2 atom stereocenters. The summed E-state index contributed by atoms with van der Waals surface area (Å²) in [6, 6.07) is 1.64. The van der Waals surface area contributed by atoms with Crippen LogP contribution in [0.2, 0.25) is 0 Å². The van der Waals surface area contributed by atoms with Crippen LogP contribution < -0.4 is 0 Å². The van der Waals surface area contributed by atoms with E-state index in [1.165, 1.54) is 0 Å². The first kappa shape index (κ1) is 2.15. The van der Waals surface area contributed by atoms with Crippen molar-refractivity contribution in [2.75, 3.05) is 20.6 Å². The SMILES string of the molecule is [2H]C([2H])([2H])[N+]1(C)C[C@@H]1C#N. The van der Waals surface area contributed by atoms with Gasteiger partial charge in [-0.2, -0.15) is 5.26 Å². The number of quaternary nitrogens is 1. The maximum atomic E-state index is 8.39. The predicted molar refractivity (Wildman–Crippen MR) is 26.4 cm³/mol. The Morgan fingerprint density at radius 3 is 3.00 bits per heavy atom. The second kappa shape index (κ2) is 0.988. The lowest BCUT2D eigenvalue weighted by molar-refractivity contribution is -0.763. The average molecular weight is 100 g/mol. The van der Waals surface area contributed by atoms with Crippen LogP contribution in [0.15, 0.2) is 0 Å². The van der Waals surface area contributed by atoms with Gasteiger partial charge in [0.2, 0.25) is 6.04 Å². The van der Waals surface area contributed by atoms with Crippen LogP contribution in [-0.2, 0) is 0 Å². The van der Waals surface area contributed by atoms with E-state index >= 15 is 0 Å². The van der Waals surface area contributed by atoms with Gasteiger partial charge in [-0.3, -0.25) is 0 Å². The molecule has 0 saturated carbocycles. The standard InChI is InChI=1S/C5H9N2/c1-7(2)4-5(7)3-6/h5H,4H2,1-2H3/q+1/t5-/m0/s1/i1D3/t5-,7?. The van der Waals surface area contributed by atoms with Crippen LogP contribution in [-0.4, -0.2) is 31.1 Å². The topological polar surface area (TPSA) is 23.8 Å². The zero-order valence-electron chi connectivity index (χ0n) is 7.18. The van der Waals surface area contributed by atoms with Crippen LogP contribution in [0.25, 0.3) is 0 Å². The molecule has 1 aliphatic rings. The van der Waals surface area contributed by atoms with Crippen LogP contribution in [0.1, 0.15) is 4.11 Å². The largest absolute Gasteiger partial charge is 0.304 e. The van der Waals surface area contributed by atoms with Gasteiger partial charge in [0.25, 0.3) is 0 Å². The highest BCUT2D eigenvalue weighted by Gasteiger charge is 2.47. The first-order chi connectivity index (χ1) is 4.42. The molecule has 0 bridgehead atoms. The highest BCUT2D eigenvalue weighted by molar-refractivity contribution is 4.92. The summed E-state index contributed by atoms with van der Waals surface area (Å²) < 4.78 is 21.0. The smallest absolute Gasteiger partial charge is 0.225 e. The van der Waals surface area contributed by atoms with Crippen molar-refractivity contribution in [2.45, 2.75) is 6.04 Å². The fourth-order valence-electron chi connectivity index (χ4n) is 0.480. The molecule has 1 fully saturated rings. The van der Waals surface area contributed by atoms with Crippen molar-refractivity contribution in [1.29, 1.82) is 5.26 Å². The summed E-state index contributed by atoms with van der Waals surface area (Å²) >= 11 is 0. The minimum atomic E-state index is -2.01. The average Bonchev–Trinajstić information content (AvgIpc) is 2.41. The maximum absolute atomic E-state index is 8.39. The molecule has 2 nitrogen and oxygen atoms in total. The molecule has 1 unspecified atom stereocenters. The van der Waals surface area contributed by atoms with Gasteiger partial charge in [-0.05, 0) is 0 Å². The molecular formula is C5H9N2+. The second-order valence-electron chi connectivity index (χ2n) is 2.10. The van der Waals surface area contributed by atoms with Gasteiger partial charge in [0.15, 0.2) is 0 Å². The van der Waals surface area contributed by atoms with Gasteiger partial charge < -0.3 is 4.48 Å². The summed E-state index contributed by atoms with van der Waals surface area (Å²) in [5.74, 6) is 0. The quantitative estimate of drug-likeness (QED) is 0.310. The van der Waals surface area contributed by atoms with Gasteiger partial charge >= 0.3 is 0 Å². The molecule has 1 heterocycles. The summed E-state index contributed by atoms with van der Waals surface area (Å²) in [6.45, 7) is -1.55. The van der Waals surface area contributed by atoms with Crippen molar-refractivity contribution >= 4 is 0 Å². The molecule has 1 aliphatic heterocycles. The Labute approximate surface area is 47.8 Å². The Morgan fingerprint density at radius 1 is 2.14 bits per heavy atom. The molecule has 0 aliphatic carbocycles. The van der Waals surface area contributed by atoms with Gasteiger partial charge in [0.05, 0.1) is 18.1 Å². The number of rotatable bonds is 0. The van der Waals surface area contributed by atoms with E-state index < -0.39 is 6.98 Å². The summed E-state index contributed by atoms with van der Waals surface area (Å²) in [6.07, 6.45) is 0. The molecule has 0 aromatic heterocycles. The predicted octanol–water partition coefficient (Wildman–Crippen LogP) is -0.0314. The van der Waals surface area contributed by atoms with Crippen LogP contribution in [0, 0.1) is 11.3 Å². The van der Waals surface area contributed by atoms with Gasteiger partial charge in [0.1, 0.15) is 12.6 Å². The fourth-order valence-corrected chi connectivity index (χ4v) is 0.480. The minimum Gasteiger partial charge on any atom is -0.304 e. The second-order valence-corrected chi connectivity index (χ2v) is 2.10. The molecule has 1 saturated heterocycles. The maximum Gasteiger partial charge on any atom is 0.225 e. The molecule has 1 rings (SSSR count). The Bertz CT molecular complexity index is 192. The third-order valence-electron chi connectivity index (χ3n) is 1.26. The molecule has 0 amide bonds. The first-order valence-electron chi connectivity index (χ1n) is 3.67. The van der Waals surface area contributed by atoms with Crippen LogP contribution in [0.4, 0.5) is 0 Å². The lowest BCUT2D eigenvalue weighted by Crippen LogP contribution is -2.14. The Balaban J connectivity index is 2.70. The summed E-state index contributed by atoms with van der Waals surface area (Å²) in [5, 5.41) is 8.39. The van der Waals surface area contributed by atoms with Gasteiger partial charge in [-0.15, -0.1) is 0 Å². The van der Waals surface area contributed by atoms with Crippen LogP contribution in [0.5, 0.6) is 0 Å². The van der Waals surface area contributed by atoms with E-state index in [-0.39, 0.29) is 10.5 Å². The van der Waals surface area contributed by atoms with E-state index in [1.54, 1.807) is 7.05 Å². The summed E-state index contributed by atoms with van der Waals surface area (Å²) in [4.78, 5) is 0.